The molecule has 4 nitrogen and oxygen atoms in total. The van der Waals surface area contributed by atoms with Crippen LogP contribution in [0.5, 0.6) is 11.5 Å². The minimum atomic E-state index is -0.144. The van der Waals surface area contributed by atoms with E-state index in [0.717, 1.165) is 16.4 Å². The lowest BCUT2D eigenvalue weighted by Gasteiger charge is -2.29. The van der Waals surface area contributed by atoms with Gasteiger partial charge in [0.05, 0.1) is 12.3 Å². The zero-order valence-electron chi connectivity index (χ0n) is 14.8. The molecule has 1 atom stereocenters. The van der Waals surface area contributed by atoms with Gasteiger partial charge < -0.3 is 14.4 Å². The fraction of sp³-hybridized carbons (Fsp3) is 0.350. The van der Waals surface area contributed by atoms with E-state index in [9.17, 15) is 4.79 Å². The molecule has 132 valence electrons. The van der Waals surface area contributed by atoms with E-state index in [-0.39, 0.29) is 12.0 Å². The Labute approximate surface area is 153 Å². The molecule has 1 unspecified atom stereocenters. The van der Waals surface area contributed by atoms with Crippen molar-refractivity contribution in [3.63, 3.8) is 0 Å². The van der Waals surface area contributed by atoms with Crippen LogP contribution in [0, 0.1) is 13.8 Å². The number of para-hydroxylation sites is 2. The quantitative estimate of drug-likeness (QED) is 0.765. The minimum Gasteiger partial charge on any atom is -0.486 e. The van der Waals surface area contributed by atoms with Gasteiger partial charge in [-0.25, -0.2) is 0 Å². The molecule has 1 aliphatic rings. The number of hydrogen-bond acceptors (Lipinski definition) is 4. The zero-order valence-corrected chi connectivity index (χ0v) is 15.6. The summed E-state index contributed by atoms with van der Waals surface area (Å²) in [7, 11) is 1.82. The molecule has 2 aromatic carbocycles. The normalized spacial score (nSPS) is 15.7. The Morgan fingerprint density at radius 1 is 1.20 bits per heavy atom. The molecule has 0 aromatic heterocycles. The molecule has 0 aliphatic carbocycles. The molecule has 0 radical (unpaired) electrons. The molecule has 0 N–H and O–H groups in total. The number of fused-ring (bicyclic) bond motifs is 1. The van der Waals surface area contributed by atoms with Crippen molar-refractivity contribution in [2.75, 3.05) is 26.0 Å². The Bertz CT molecular complexity index is 762. The van der Waals surface area contributed by atoms with Crippen LogP contribution in [0.1, 0.15) is 11.1 Å². The molecule has 25 heavy (non-hydrogen) atoms. The predicted molar refractivity (Wildman–Crippen MR) is 101 cm³/mol. The molecule has 0 spiro atoms. The van der Waals surface area contributed by atoms with Gasteiger partial charge in [-0.1, -0.05) is 29.8 Å². The lowest BCUT2D eigenvalue weighted by molar-refractivity contribution is -0.128. The number of rotatable bonds is 5. The Hall–Kier alpha value is -2.14. The largest absolute Gasteiger partial charge is 0.486 e. The van der Waals surface area contributed by atoms with Gasteiger partial charge in [0, 0.05) is 11.9 Å². The van der Waals surface area contributed by atoms with Gasteiger partial charge in [0.2, 0.25) is 5.91 Å². The molecule has 0 bridgehead atoms. The van der Waals surface area contributed by atoms with Crippen LogP contribution in [0.25, 0.3) is 0 Å². The van der Waals surface area contributed by atoms with Gasteiger partial charge in [0.1, 0.15) is 6.61 Å². The highest BCUT2D eigenvalue weighted by atomic mass is 32.2. The van der Waals surface area contributed by atoms with Crippen molar-refractivity contribution in [2.24, 2.45) is 0 Å². The van der Waals surface area contributed by atoms with Gasteiger partial charge in [-0.05, 0) is 37.6 Å². The Morgan fingerprint density at radius 3 is 2.76 bits per heavy atom. The van der Waals surface area contributed by atoms with Gasteiger partial charge in [0.25, 0.3) is 0 Å². The first-order chi connectivity index (χ1) is 12.0. The van der Waals surface area contributed by atoms with Gasteiger partial charge in [0.15, 0.2) is 17.6 Å². The first-order valence-electron chi connectivity index (χ1n) is 8.35. The number of carbonyl (C=O) groups is 1. The predicted octanol–water partition coefficient (Wildman–Crippen LogP) is 3.69. The van der Waals surface area contributed by atoms with E-state index in [2.05, 4.69) is 32.0 Å². The second-order valence-corrected chi connectivity index (χ2v) is 7.35. The molecule has 0 saturated carbocycles. The van der Waals surface area contributed by atoms with Crippen LogP contribution in [0.4, 0.5) is 0 Å². The van der Waals surface area contributed by atoms with E-state index >= 15 is 0 Å². The Morgan fingerprint density at radius 2 is 1.96 bits per heavy atom. The first kappa shape index (κ1) is 17.7. The third kappa shape index (κ3) is 4.48. The Balaban J connectivity index is 1.52. The molecule has 1 amide bonds. The molecule has 0 fully saturated rings. The lowest BCUT2D eigenvalue weighted by Crippen LogP contribution is -2.42. The van der Waals surface area contributed by atoms with Crippen molar-refractivity contribution >= 4 is 17.7 Å². The summed E-state index contributed by atoms with van der Waals surface area (Å²) in [5.74, 6) is 2.02. The maximum absolute atomic E-state index is 12.4. The van der Waals surface area contributed by atoms with Crippen molar-refractivity contribution in [3.8, 4) is 11.5 Å². The zero-order chi connectivity index (χ0) is 17.8. The summed E-state index contributed by atoms with van der Waals surface area (Å²) in [6, 6.07) is 13.9. The van der Waals surface area contributed by atoms with E-state index < -0.39 is 0 Å². The Kier molecular flexibility index (Phi) is 5.53. The maximum atomic E-state index is 12.4. The van der Waals surface area contributed by atoms with Crippen molar-refractivity contribution < 1.29 is 14.3 Å². The van der Waals surface area contributed by atoms with Crippen LogP contribution in [0.15, 0.2) is 47.4 Å². The number of likely N-dealkylation sites (N-methyl/N-ethyl adjacent to an activating group) is 1. The number of carbonyl (C=O) groups excluding carboxylic acids is 1. The number of ether oxygens (including phenoxy) is 2. The highest BCUT2D eigenvalue weighted by molar-refractivity contribution is 8.00. The van der Waals surface area contributed by atoms with E-state index in [0.29, 0.717) is 18.9 Å². The number of aryl methyl sites for hydroxylation is 2. The van der Waals surface area contributed by atoms with Crippen LogP contribution in [-0.2, 0) is 4.79 Å². The second-order valence-electron chi connectivity index (χ2n) is 6.33. The monoisotopic (exact) mass is 357 g/mol. The molecule has 1 aliphatic heterocycles. The summed E-state index contributed by atoms with van der Waals surface area (Å²) in [6.07, 6.45) is -0.144. The van der Waals surface area contributed by atoms with E-state index in [1.165, 1.54) is 11.1 Å². The molecule has 2 aromatic rings. The second kappa shape index (κ2) is 7.83. The van der Waals surface area contributed by atoms with E-state index in [1.807, 2.05) is 31.3 Å². The van der Waals surface area contributed by atoms with Gasteiger partial charge in [-0.15, -0.1) is 11.8 Å². The van der Waals surface area contributed by atoms with E-state index in [4.69, 9.17) is 9.47 Å². The van der Waals surface area contributed by atoms with E-state index in [1.54, 1.807) is 16.7 Å². The highest BCUT2D eigenvalue weighted by Gasteiger charge is 2.23. The molecule has 0 saturated heterocycles. The van der Waals surface area contributed by atoms with Crippen LogP contribution >= 0.6 is 11.8 Å². The number of nitrogens with zero attached hydrogens (tertiary/aromatic N) is 1. The summed E-state index contributed by atoms with van der Waals surface area (Å²) < 4.78 is 11.6. The smallest absolute Gasteiger partial charge is 0.232 e. The first-order valence-corrected chi connectivity index (χ1v) is 9.34. The third-order valence-corrected chi connectivity index (χ3v) is 5.31. The average molecular weight is 357 g/mol. The van der Waals surface area contributed by atoms with Crippen molar-refractivity contribution in [1.29, 1.82) is 0 Å². The highest BCUT2D eigenvalue weighted by Crippen LogP contribution is 2.31. The SMILES string of the molecule is Cc1ccc(C)c(SCC(=O)N(C)CC2COc3ccccc3O2)c1. The van der Waals surface area contributed by atoms with Crippen LogP contribution in [0.2, 0.25) is 0 Å². The summed E-state index contributed by atoms with van der Waals surface area (Å²) >= 11 is 1.58. The standard InChI is InChI=1S/C20H23NO3S/c1-14-8-9-15(2)19(10-14)25-13-20(22)21(3)11-16-12-23-17-6-4-5-7-18(17)24-16/h4-10,16H,11-13H2,1-3H3. The summed E-state index contributed by atoms with van der Waals surface area (Å²) in [4.78, 5) is 15.3. The summed E-state index contributed by atoms with van der Waals surface area (Å²) in [5.41, 5.74) is 2.41. The van der Waals surface area contributed by atoms with Gasteiger partial charge in [-0.3, -0.25) is 4.79 Å². The number of thioether (sulfide) groups is 1. The van der Waals surface area contributed by atoms with Crippen LogP contribution in [0.3, 0.4) is 0 Å². The molecule has 1 heterocycles. The molecular weight excluding hydrogens is 334 g/mol. The van der Waals surface area contributed by atoms with Crippen LogP contribution < -0.4 is 9.47 Å². The summed E-state index contributed by atoms with van der Waals surface area (Å²) in [6.45, 7) is 5.11. The molecule has 3 rings (SSSR count). The topological polar surface area (TPSA) is 38.8 Å². The molecule has 5 heteroatoms. The van der Waals surface area contributed by atoms with Gasteiger partial charge >= 0.3 is 0 Å². The minimum absolute atomic E-state index is 0.0911. The average Bonchev–Trinajstić information content (AvgIpc) is 2.62. The number of amides is 1. The van der Waals surface area contributed by atoms with Crippen molar-refractivity contribution in [3.05, 3.63) is 53.6 Å². The lowest BCUT2D eigenvalue weighted by atomic mass is 10.2. The van der Waals surface area contributed by atoms with Crippen molar-refractivity contribution in [2.45, 2.75) is 24.8 Å². The third-order valence-electron chi connectivity index (χ3n) is 4.17. The number of benzene rings is 2. The van der Waals surface area contributed by atoms with Gasteiger partial charge in [-0.2, -0.15) is 0 Å². The maximum Gasteiger partial charge on any atom is 0.232 e. The van der Waals surface area contributed by atoms with Crippen LogP contribution in [-0.4, -0.2) is 42.9 Å². The summed E-state index contributed by atoms with van der Waals surface area (Å²) in [5, 5.41) is 0. The van der Waals surface area contributed by atoms with Crippen molar-refractivity contribution in [1.82, 2.24) is 4.90 Å². The fourth-order valence-electron chi connectivity index (χ4n) is 2.67. The number of hydrogen-bond donors (Lipinski definition) is 0. The molecular formula is C20H23NO3S. The fourth-order valence-corrected chi connectivity index (χ4v) is 3.74.